The SMILES string of the molecule is COc1c(F)cc(Cl)cc1B(O)O. The van der Waals surface area contributed by atoms with Gasteiger partial charge in [0.05, 0.1) is 7.11 Å². The van der Waals surface area contributed by atoms with Crippen molar-refractivity contribution >= 4 is 24.2 Å². The standard InChI is InChI=1S/C7H7BClFO3/c1-13-7-5(8(11)12)2-4(9)3-6(7)10/h2-3,11-12H,1H3. The second-order valence-corrected chi connectivity index (χ2v) is 2.82. The van der Waals surface area contributed by atoms with Crippen molar-refractivity contribution in [3.8, 4) is 5.75 Å². The Morgan fingerprint density at radius 2 is 2.08 bits per heavy atom. The smallest absolute Gasteiger partial charge is 0.492 e. The molecule has 0 atom stereocenters. The minimum Gasteiger partial charge on any atom is -0.494 e. The quantitative estimate of drug-likeness (QED) is 0.675. The van der Waals surface area contributed by atoms with Crippen LogP contribution in [0.2, 0.25) is 5.02 Å². The van der Waals surface area contributed by atoms with Crippen LogP contribution < -0.4 is 10.2 Å². The molecule has 0 saturated carbocycles. The third-order valence-corrected chi connectivity index (χ3v) is 1.74. The van der Waals surface area contributed by atoms with Crippen LogP contribution in [-0.4, -0.2) is 24.3 Å². The van der Waals surface area contributed by atoms with Crippen molar-refractivity contribution in [2.24, 2.45) is 0 Å². The van der Waals surface area contributed by atoms with Crippen LogP contribution in [0.25, 0.3) is 0 Å². The number of benzene rings is 1. The Labute approximate surface area is 79.9 Å². The number of hydrogen-bond donors (Lipinski definition) is 2. The molecule has 0 aromatic heterocycles. The summed E-state index contributed by atoms with van der Waals surface area (Å²) in [7, 11) is -0.568. The molecule has 1 rings (SSSR count). The van der Waals surface area contributed by atoms with Gasteiger partial charge < -0.3 is 14.8 Å². The molecule has 2 N–H and O–H groups in total. The highest BCUT2D eigenvalue weighted by atomic mass is 35.5. The Morgan fingerprint density at radius 1 is 1.46 bits per heavy atom. The molecule has 6 heteroatoms. The first-order valence-electron chi connectivity index (χ1n) is 3.45. The summed E-state index contributed by atoms with van der Waals surface area (Å²) in [5.41, 5.74) is -0.0903. The summed E-state index contributed by atoms with van der Waals surface area (Å²) in [5, 5.41) is 17.8. The zero-order valence-electron chi connectivity index (χ0n) is 6.79. The first kappa shape index (κ1) is 10.3. The highest BCUT2D eigenvalue weighted by Crippen LogP contribution is 2.18. The molecule has 3 nitrogen and oxygen atoms in total. The summed E-state index contributed by atoms with van der Waals surface area (Å²) < 4.78 is 17.7. The number of methoxy groups -OCH3 is 1. The molecule has 0 saturated heterocycles. The van der Waals surface area contributed by atoms with Crippen molar-refractivity contribution in [2.75, 3.05) is 7.11 Å². The summed E-state index contributed by atoms with van der Waals surface area (Å²) in [6.45, 7) is 0. The lowest BCUT2D eigenvalue weighted by molar-refractivity contribution is 0.382. The van der Waals surface area contributed by atoms with E-state index >= 15 is 0 Å². The number of ether oxygens (including phenoxy) is 1. The van der Waals surface area contributed by atoms with E-state index in [0.717, 1.165) is 6.07 Å². The molecule has 1 aromatic rings. The van der Waals surface area contributed by atoms with E-state index in [1.165, 1.54) is 13.2 Å². The topological polar surface area (TPSA) is 49.7 Å². The number of halogens is 2. The van der Waals surface area contributed by atoms with Gasteiger partial charge >= 0.3 is 7.12 Å². The molecule has 0 radical (unpaired) electrons. The minimum atomic E-state index is -1.80. The van der Waals surface area contributed by atoms with Gasteiger partial charge in [0.2, 0.25) is 0 Å². The maximum absolute atomic E-state index is 13.0. The first-order valence-corrected chi connectivity index (χ1v) is 3.83. The van der Waals surface area contributed by atoms with Crippen LogP contribution in [0.15, 0.2) is 12.1 Å². The van der Waals surface area contributed by atoms with Crippen LogP contribution in [0.1, 0.15) is 0 Å². The van der Waals surface area contributed by atoms with Gasteiger partial charge in [-0.05, 0) is 12.1 Å². The van der Waals surface area contributed by atoms with Crippen LogP contribution in [-0.2, 0) is 0 Å². The molecule has 0 fully saturated rings. The highest BCUT2D eigenvalue weighted by Gasteiger charge is 2.20. The fraction of sp³-hybridized carbons (Fsp3) is 0.143. The molecule has 13 heavy (non-hydrogen) atoms. The van der Waals surface area contributed by atoms with E-state index in [0.29, 0.717) is 0 Å². The second-order valence-electron chi connectivity index (χ2n) is 2.38. The molecule has 1 aromatic carbocycles. The summed E-state index contributed by atoms with van der Waals surface area (Å²) >= 11 is 5.51. The normalized spacial score (nSPS) is 9.92. The molecule has 0 amide bonds. The fourth-order valence-electron chi connectivity index (χ4n) is 0.987. The molecule has 0 aliphatic rings. The average molecular weight is 204 g/mol. The van der Waals surface area contributed by atoms with Gasteiger partial charge in [-0.2, -0.15) is 0 Å². The van der Waals surface area contributed by atoms with E-state index in [2.05, 4.69) is 4.74 Å². The van der Waals surface area contributed by atoms with Crippen LogP contribution in [0.5, 0.6) is 5.75 Å². The Balaban J connectivity index is 3.29. The molecular formula is C7H7BClFO3. The summed E-state index contributed by atoms with van der Waals surface area (Å²) in [6.07, 6.45) is 0. The largest absolute Gasteiger partial charge is 0.494 e. The molecular weight excluding hydrogens is 197 g/mol. The van der Waals surface area contributed by atoms with Crippen molar-refractivity contribution in [3.05, 3.63) is 23.0 Å². The van der Waals surface area contributed by atoms with Gasteiger partial charge in [-0.1, -0.05) is 11.6 Å². The lowest BCUT2D eigenvalue weighted by Gasteiger charge is -2.08. The van der Waals surface area contributed by atoms with Crippen molar-refractivity contribution in [2.45, 2.75) is 0 Å². The van der Waals surface area contributed by atoms with Crippen molar-refractivity contribution in [1.29, 1.82) is 0 Å². The van der Waals surface area contributed by atoms with Gasteiger partial charge in [0, 0.05) is 10.5 Å². The van der Waals surface area contributed by atoms with Crippen molar-refractivity contribution in [3.63, 3.8) is 0 Å². The Kier molecular flexibility index (Phi) is 3.14. The van der Waals surface area contributed by atoms with E-state index in [1.54, 1.807) is 0 Å². The van der Waals surface area contributed by atoms with E-state index in [-0.39, 0.29) is 16.2 Å². The fourth-order valence-corrected chi connectivity index (χ4v) is 1.20. The Bertz CT molecular complexity index is 319. The van der Waals surface area contributed by atoms with Crippen LogP contribution in [0.4, 0.5) is 4.39 Å². The van der Waals surface area contributed by atoms with E-state index in [9.17, 15) is 4.39 Å². The van der Waals surface area contributed by atoms with Crippen LogP contribution in [0.3, 0.4) is 0 Å². The van der Waals surface area contributed by atoms with Gasteiger partial charge in [-0.3, -0.25) is 0 Å². The maximum Gasteiger partial charge on any atom is 0.492 e. The molecule has 0 aliphatic carbocycles. The summed E-state index contributed by atoms with van der Waals surface area (Å²) in [6, 6.07) is 2.26. The average Bonchev–Trinajstić information content (AvgIpc) is 2.02. The molecule has 0 aliphatic heterocycles. The Morgan fingerprint density at radius 3 is 2.54 bits per heavy atom. The zero-order chi connectivity index (χ0) is 10.0. The molecule has 70 valence electrons. The van der Waals surface area contributed by atoms with Crippen LogP contribution in [0, 0.1) is 5.82 Å². The van der Waals surface area contributed by atoms with Crippen LogP contribution >= 0.6 is 11.6 Å². The third kappa shape index (κ3) is 2.12. The summed E-state index contributed by atoms with van der Waals surface area (Å²) in [4.78, 5) is 0. The van der Waals surface area contributed by atoms with Crippen molar-refractivity contribution < 1.29 is 19.2 Å². The predicted molar refractivity (Wildman–Crippen MR) is 47.8 cm³/mol. The second kappa shape index (κ2) is 3.96. The van der Waals surface area contributed by atoms with E-state index in [4.69, 9.17) is 21.6 Å². The van der Waals surface area contributed by atoms with E-state index < -0.39 is 12.9 Å². The van der Waals surface area contributed by atoms with E-state index in [1.807, 2.05) is 0 Å². The van der Waals surface area contributed by atoms with Gasteiger partial charge in [0.15, 0.2) is 11.6 Å². The van der Waals surface area contributed by atoms with Crippen molar-refractivity contribution in [1.82, 2.24) is 0 Å². The lowest BCUT2D eigenvalue weighted by atomic mass is 9.79. The molecule has 0 heterocycles. The highest BCUT2D eigenvalue weighted by molar-refractivity contribution is 6.60. The Hall–Kier alpha value is -0.775. The predicted octanol–water partition coefficient (Wildman–Crippen LogP) is 0.167. The van der Waals surface area contributed by atoms with Gasteiger partial charge in [-0.25, -0.2) is 4.39 Å². The number of rotatable bonds is 2. The zero-order valence-corrected chi connectivity index (χ0v) is 7.55. The third-order valence-electron chi connectivity index (χ3n) is 1.52. The number of hydrogen-bond acceptors (Lipinski definition) is 3. The maximum atomic E-state index is 13.0. The van der Waals surface area contributed by atoms with Gasteiger partial charge in [0.25, 0.3) is 0 Å². The first-order chi connectivity index (χ1) is 6.06. The monoisotopic (exact) mass is 204 g/mol. The summed E-state index contributed by atoms with van der Waals surface area (Å²) in [5.74, 6) is -0.933. The lowest BCUT2D eigenvalue weighted by Crippen LogP contribution is -2.31. The molecule has 0 bridgehead atoms. The molecule has 0 spiro atoms. The minimum absolute atomic E-state index is 0.0846. The van der Waals surface area contributed by atoms with Gasteiger partial charge in [0.1, 0.15) is 0 Å². The van der Waals surface area contributed by atoms with Gasteiger partial charge in [-0.15, -0.1) is 0 Å². The molecule has 0 unspecified atom stereocenters.